The van der Waals surface area contributed by atoms with Gasteiger partial charge >= 0.3 is 0 Å². The molecule has 1 aliphatic heterocycles. The van der Waals surface area contributed by atoms with Crippen LogP contribution in [0.2, 0.25) is 0 Å². The summed E-state index contributed by atoms with van der Waals surface area (Å²) < 4.78 is 24.5. The highest BCUT2D eigenvalue weighted by Crippen LogP contribution is 2.28. The number of ether oxygens (including phenoxy) is 2. The lowest BCUT2D eigenvalue weighted by molar-refractivity contribution is 0.140. The van der Waals surface area contributed by atoms with Crippen molar-refractivity contribution in [2.24, 2.45) is 0 Å². The highest BCUT2D eigenvalue weighted by molar-refractivity contribution is 5.36. The van der Waals surface area contributed by atoms with Gasteiger partial charge in [0.25, 0.3) is 0 Å². The van der Waals surface area contributed by atoms with Crippen molar-refractivity contribution in [3.63, 3.8) is 0 Å². The summed E-state index contributed by atoms with van der Waals surface area (Å²) in [6, 6.07) is 4.86. The molecule has 1 saturated heterocycles. The third kappa shape index (κ3) is 3.21. The van der Waals surface area contributed by atoms with Crippen LogP contribution in [0, 0.1) is 5.82 Å². The molecule has 0 spiro atoms. The quantitative estimate of drug-likeness (QED) is 0.875. The van der Waals surface area contributed by atoms with E-state index in [4.69, 9.17) is 9.47 Å². The van der Waals surface area contributed by atoms with Gasteiger partial charge in [-0.3, -0.25) is 0 Å². The molecule has 0 aromatic heterocycles. The predicted molar refractivity (Wildman–Crippen MR) is 68.3 cm³/mol. The molecule has 0 bridgehead atoms. The van der Waals surface area contributed by atoms with Crippen molar-refractivity contribution >= 4 is 0 Å². The molecule has 2 unspecified atom stereocenters. The van der Waals surface area contributed by atoms with Gasteiger partial charge in [0.05, 0.1) is 13.2 Å². The molecule has 0 aliphatic carbocycles. The summed E-state index contributed by atoms with van der Waals surface area (Å²) in [6.07, 6.45) is 0.908. The van der Waals surface area contributed by atoms with Crippen LogP contribution in [-0.2, 0) is 4.74 Å². The fraction of sp³-hybridized carbons (Fsp3) is 0.571. The normalized spacial score (nSPS) is 20.9. The van der Waals surface area contributed by atoms with Gasteiger partial charge in [-0.15, -0.1) is 0 Å². The maximum atomic E-state index is 13.3. The molecule has 0 radical (unpaired) electrons. The zero-order valence-electron chi connectivity index (χ0n) is 10.9. The van der Waals surface area contributed by atoms with Crippen molar-refractivity contribution in [1.82, 2.24) is 5.32 Å². The Morgan fingerprint density at radius 3 is 3.06 bits per heavy atom. The van der Waals surface area contributed by atoms with E-state index in [0.717, 1.165) is 25.1 Å². The summed E-state index contributed by atoms with van der Waals surface area (Å²) in [4.78, 5) is 0. The molecule has 1 aliphatic rings. The Morgan fingerprint density at radius 1 is 1.56 bits per heavy atom. The fourth-order valence-electron chi connectivity index (χ4n) is 2.17. The molecule has 100 valence electrons. The van der Waals surface area contributed by atoms with E-state index in [-0.39, 0.29) is 18.0 Å². The van der Waals surface area contributed by atoms with E-state index in [9.17, 15) is 4.39 Å². The second-order valence-corrected chi connectivity index (χ2v) is 4.56. The lowest BCUT2D eigenvalue weighted by Crippen LogP contribution is -2.21. The van der Waals surface area contributed by atoms with Gasteiger partial charge in [0, 0.05) is 24.1 Å². The monoisotopic (exact) mass is 253 g/mol. The Hall–Kier alpha value is -1.13. The molecular weight excluding hydrogens is 233 g/mol. The van der Waals surface area contributed by atoms with Crippen molar-refractivity contribution in [2.45, 2.75) is 32.4 Å². The molecule has 4 heteroatoms. The fourth-order valence-corrected chi connectivity index (χ4v) is 2.17. The van der Waals surface area contributed by atoms with Crippen LogP contribution in [-0.4, -0.2) is 25.9 Å². The first-order valence-corrected chi connectivity index (χ1v) is 6.48. The Bertz CT molecular complexity index is 391. The number of nitrogens with one attached hydrogen (secondary N) is 1. The molecule has 18 heavy (non-hydrogen) atoms. The number of halogens is 1. The van der Waals surface area contributed by atoms with Crippen molar-refractivity contribution in [3.8, 4) is 5.75 Å². The second kappa shape index (κ2) is 6.16. The van der Waals surface area contributed by atoms with E-state index >= 15 is 0 Å². The van der Waals surface area contributed by atoms with Gasteiger partial charge in [-0.25, -0.2) is 4.39 Å². The van der Waals surface area contributed by atoms with Crippen LogP contribution in [0.25, 0.3) is 0 Å². The first-order chi connectivity index (χ1) is 8.70. The summed E-state index contributed by atoms with van der Waals surface area (Å²) in [7, 11) is 0. The van der Waals surface area contributed by atoms with Crippen LogP contribution >= 0.6 is 0 Å². The Kier molecular flexibility index (Phi) is 4.55. The standard InChI is InChI=1S/C14H20FNO2/c1-3-16-10(2)13-5-4-11(15)8-14(13)18-12-6-7-17-9-12/h4-5,8,10,12,16H,3,6-7,9H2,1-2H3. The van der Waals surface area contributed by atoms with Crippen molar-refractivity contribution < 1.29 is 13.9 Å². The summed E-state index contributed by atoms with van der Waals surface area (Å²) in [6.45, 7) is 6.27. The van der Waals surface area contributed by atoms with E-state index in [2.05, 4.69) is 12.2 Å². The summed E-state index contributed by atoms with van der Waals surface area (Å²) in [5.41, 5.74) is 0.991. The minimum absolute atomic E-state index is 0.0411. The first-order valence-electron chi connectivity index (χ1n) is 6.48. The first kappa shape index (κ1) is 13.3. The number of hydrogen-bond acceptors (Lipinski definition) is 3. The van der Waals surface area contributed by atoms with Gasteiger partial charge in [-0.1, -0.05) is 13.0 Å². The van der Waals surface area contributed by atoms with E-state index in [1.165, 1.54) is 12.1 Å². The van der Waals surface area contributed by atoms with Crippen molar-refractivity contribution in [1.29, 1.82) is 0 Å². The minimum atomic E-state index is -0.267. The second-order valence-electron chi connectivity index (χ2n) is 4.56. The Labute approximate surface area is 107 Å². The summed E-state index contributed by atoms with van der Waals surface area (Å²) in [5.74, 6) is 0.357. The van der Waals surface area contributed by atoms with Crippen LogP contribution in [0.5, 0.6) is 5.75 Å². The lowest BCUT2D eigenvalue weighted by Gasteiger charge is -2.20. The van der Waals surface area contributed by atoms with Crippen LogP contribution in [0.3, 0.4) is 0 Å². The third-order valence-corrected chi connectivity index (χ3v) is 3.13. The molecule has 1 heterocycles. The van der Waals surface area contributed by atoms with Gasteiger partial charge in [-0.2, -0.15) is 0 Å². The van der Waals surface area contributed by atoms with Crippen LogP contribution in [0.4, 0.5) is 4.39 Å². The smallest absolute Gasteiger partial charge is 0.127 e. The van der Waals surface area contributed by atoms with Crippen molar-refractivity contribution in [3.05, 3.63) is 29.6 Å². The minimum Gasteiger partial charge on any atom is -0.487 e. The summed E-state index contributed by atoms with van der Waals surface area (Å²) >= 11 is 0. The number of hydrogen-bond donors (Lipinski definition) is 1. The topological polar surface area (TPSA) is 30.5 Å². The van der Waals surface area contributed by atoms with Crippen LogP contribution in [0.1, 0.15) is 31.9 Å². The zero-order chi connectivity index (χ0) is 13.0. The van der Waals surface area contributed by atoms with E-state index in [1.807, 2.05) is 6.92 Å². The molecule has 0 amide bonds. The SMILES string of the molecule is CCNC(C)c1ccc(F)cc1OC1CCOC1. The predicted octanol–water partition coefficient (Wildman–Crippen LogP) is 2.66. The maximum Gasteiger partial charge on any atom is 0.127 e. The average molecular weight is 253 g/mol. The van der Waals surface area contributed by atoms with Gasteiger partial charge < -0.3 is 14.8 Å². The van der Waals surface area contributed by atoms with E-state index in [0.29, 0.717) is 12.4 Å². The zero-order valence-corrected chi connectivity index (χ0v) is 10.9. The third-order valence-electron chi connectivity index (χ3n) is 3.13. The van der Waals surface area contributed by atoms with E-state index in [1.54, 1.807) is 6.07 Å². The number of benzene rings is 1. The van der Waals surface area contributed by atoms with Gasteiger partial charge in [0.2, 0.25) is 0 Å². The molecule has 1 fully saturated rings. The lowest BCUT2D eigenvalue weighted by atomic mass is 10.1. The molecular formula is C14H20FNO2. The largest absolute Gasteiger partial charge is 0.487 e. The average Bonchev–Trinajstić information content (AvgIpc) is 2.82. The molecule has 2 rings (SSSR count). The maximum absolute atomic E-state index is 13.3. The molecule has 1 N–H and O–H groups in total. The van der Waals surface area contributed by atoms with E-state index < -0.39 is 0 Å². The highest BCUT2D eigenvalue weighted by atomic mass is 19.1. The molecule has 1 aromatic rings. The van der Waals surface area contributed by atoms with Crippen LogP contribution in [0.15, 0.2) is 18.2 Å². The Morgan fingerprint density at radius 2 is 2.39 bits per heavy atom. The highest BCUT2D eigenvalue weighted by Gasteiger charge is 2.20. The molecule has 2 atom stereocenters. The molecule has 3 nitrogen and oxygen atoms in total. The number of rotatable bonds is 5. The Balaban J connectivity index is 2.16. The molecule has 1 aromatic carbocycles. The summed E-state index contributed by atoms with van der Waals surface area (Å²) in [5, 5.41) is 3.31. The molecule has 0 saturated carbocycles. The van der Waals surface area contributed by atoms with Gasteiger partial charge in [0.1, 0.15) is 17.7 Å². The van der Waals surface area contributed by atoms with Crippen LogP contribution < -0.4 is 10.1 Å². The van der Waals surface area contributed by atoms with Gasteiger partial charge in [0.15, 0.2) is 0 Å². The van der Waals surface area contributed by atoms with Crippen molar-refractivity contribution in [2.75, 3.05) is 19.8 Å². The van der Waals surface area contributed by atoms with Gasteiger partial charge in [-0.05, 0) is 19.5 Å².